The minimum absolute atomic E-state index is 0.470. The highest BCUT2D eigenvalue weighted by Gasteiger charge is 2.21. The van der Waals surface area contributed by atoms with Crippen molar-refractivity contribution in [1.82, 2.24) is 10.1 Å². The molecule has 0 atom stereocenters. The maximum Gasteiger partial charge on any atom is 0.258 e. The summed E-state index contributed by atoms with van der Waals surface area (Å²) >= 11 is 0. The van der Waals surface area contributed by atoms with Crippen LogP contribution in [0.4, 0.5) is 5.69 Å². The van der Waals surface area contributed by atoms with Gasteiger partial charge in [0.2, 0.25) is 0 Å². The average molecular weight is 243 g/mol. The molecule has 1 aliphatic rings. The standard InChI is InChI=1S/C14H17N3O/c15-12-8-4-7-11(9-12)14-16-13(17-18-14)10-5-2-1-3-6-10/h4,7-10H,1-3,5-6,15H2. The third kappa shape index (κ3) is 2.23. The SMILES string of the molecule is Nc1cccc(-c2nc(C3CCCCC3)no2)c1. The van der Waals surface area contributed by atoms with Gasteiger partial charge in [0, 0.05) is 17.2 Å². The largest absolute Gasteiger partial charge is 0.399 e. The molecule has 0 amide bonds. The van der Waals surface area contributed by atoms with E-state index in [0.717, 1.165) is 11.4 Å². The topological polar surface area (TPSA) is 64.9 Å². The molecule has 0 radical (unpaired) electrons. The van der Waals surface area contributed by atoms with Gasteiger partial charge in [0.15, 0.2) is 5.82 Å². The Labute approximate surface area is 106 Å². The molecule has 1 saturated carbocycles. The van der Waals surface area contributed by atoms with Crippen LogP contribution in [-0.4, -0.2) is 10.1 Å². The van der Waals surface area contributed by atoms with Crippen molar-refractivity contribution in [3.05, 3.63) is 30.1 Å². The number of benzene rings is 1. The molecule has 1 aliphatic carbocycles. The van der Waals surface area contributed by atoms with E-state index < -0.39 is 0 Å². The molecule has 0 unspecified atom stereocenters. The Morgan fingerprint density at radius 1 is 1.17 bits per heavy atom. The van der Waals surface area contributed by atoms with E-state index in [1.54, 1.807) is 0 Å². The van der Waals surface area contributed by atoms with E-state index in [1.807, 2.05) is 24.3 Å². The lowest BCUT2D eigenvalue weighted by Crippen LogP contribution is -2.06. The molecule has 18 heavy (non-hydrogen) atoms. The summed E-state index contributed by atoms with van der Waals surface area (Å²) in [5.41, 5.74) is 7.36. The smallest absolute Gasteiger partial charge is 0.258 e. The molecular formula is C14H17N3O. The molecular weight excluding hydrogens is 226 g/mol. The zero-order valence-corrected chi connectivity index (χ0v) is 10.3. The second kappa shape index (κ2) is 4.80. The molecule has 0 spiro atoms. The Bertz CT molecular complexity index is 529. The van der Waals surface area contributed by atoms with Gasteiger partial charge in [0.05, 0.1) is 0 Å². The van der Waals surface area contributed by atoms with Crippen molar-refractivity contribution in [2.45, 2.75) is 38.0 Å². The lowest BCUT2D eigenvalue weighted by Gasteiger charge is -2.17. The Balaban J connectivity index is 1.84. The van der Waals surface area contributed by atoms with Crippen molar-refractivity contribution >= 4 is 5.69 Å². The molecule has 2 aromatic rings. The van der Waals surface area contributed by atoms with Crippen molar-refractivity contribution in [3.63, 3.8) is 0 Å². The maximum absolute atomic E-state index is 5.76. The lowest BCUT2D eigenvalue weighted by atomic mass is 9.89. The maximum atomic E-state index is 5.76. The van der Waals surface area contributed by atoms with Crippen LogP contribution in [0.25, 0.3) is 11.5 Å². The van der Waals surface area contributed by atoms with Gasteiger partial charge in [0.1, 0.15) is 0 Å². The molecule has 1 heterocycles. The van der Waals surface area contributed by atoms with Crippen LogP contribution in [-0.2, 0) is 0 Å². The van der Waals surface area contributed by atoms with Crippen LogP contribution in [0.15, 0.2) is 28.8 Å². The summed E-state index contributed by atoms with van der Waals surface area (Å²) in [5.74, 6) is 1.90. The van der Waals surface area contributed by atoms with Gasteiger partial charge in [-0.15, -0.1) is 0 Å². The Morgan fingerprint density at radius 3 is 2.78 bits per heavy atom. The van der Waals surface area contributed by atoms with Crippen LogP contribution >= 0.6 is 0 Å². The summed E-state index contributed by atoms with van der Waals surface area (Å²) in [4.78, 5) is 4.51. The number of nitrogens with zero attached hydrogens (tertiary/aromatic N) is 2. The van der Waals surface area contributed by atoms with Crippen LogP contribution in [0.2, 0.25) is 0 Å². The van der Waals surface area contributed by atoms with E-state index in [1.165, 1.54) is 32.1 Å². The minimum Gasteiger partial charge on any atom is -0.399 e. The van der Waals surface area contributed by atoms with Crippen LogP contribution in [0, 0.1) is 0 Å². The fraction of sp³-hybridized carbons (Fsp3) is 0.429. The Morgan fingerprint density at radius 2 is 2.00 bits per heavy atom. The van der Waals surface area contributed by atoms with Crippen molar-refractivity contribution < 1.29 is 4.52 Å². The first-order chi connectivity index (χ1) is 8.83. The highest BCUT2D eigenvalue weighted by Crippen LogP contribution is 2.32. The van der Waals surface area contributed by atoms with Gasteiger partial charge in [-0.1, -0.05) is 30.5 Å². The van der Waals surface area contributed by atoms with E-state index >= 15 is 0 Å². The van der Waals surface area contributed by atoms with E-state index in [-0.39, 0.29) is 0 Å². The third-order valence-electron chi connectivity index (χ3n) is 3.55. The summed E-state index contributed by atoms with van der Waals surface area (Å²) in [5, 5.41) is 4.12. The quantitative estimate of drug-likeness (QED) is 0.821. The summed E-state index contributed by atoms with van der Waals surface area (Å²) in [6.45, 7) is 0. The van der Waals surface area contributed by atoms with Crippen molar-refractivity contribution in [3.8, 4) is 11.5 Å². The zero-order valence-electron chi connectivity index (χ0n) is 10.3. The second-order valence-electron chi connectivity index (χ2n) is 4.92. The van der Waals surface area contributed by atoms with Gasteiger partial charge >= 0.3 is 0 Å². The van der Waals surface area contributed by atoms with Gasteiger partial charge in [-0.2, -0.15) is 4.98 Å². The number of hydrogen-bond acceptors (Lipinski definition) is 4. The van der Waals surface area contributed by atoms with Crippen LogP contribution in [0.1, 0.15) is 43.8 Å². The monoisotopic (exact) mass is 243 g/mol. The number of rotatable bonds is 2. The predicted molar refractivity (Wildman–Crippen MR) is 70.0 cm³/mol. The molecule has 2 N–H and O–H groups in total. The number of aromatic nitrogens is 2. The first kappa shape index (κ1) is 11.3. The van der Waals surface area contributed by atoms with Crippen LogP contribution in [0.3, 0.4) is 0 Å². The van der Waals surface area contributed by atoms with E-state index in [9.17, 15) is 0 Å². The highest BCUT2D eigenvalue weighted by atomic mass is 16.5. The summed E-state index contributed by atoms with van der Waals surface area (Å²) < 4.78 is 5.34. The molecule has 4 heteroatoms. The fourth-order valence-corrected chi connectivity index (χ4v) is 2.55. The first-order valence-electron chi connectivity index (χ1n) is 6.52. The van der Waals surface area contributed by atoms with Gasteiger partial charge in [-0.3, -0.25) is 0 Å². The number of nitrogens with two attached hydrogens (primary N) is 1. The van der Waals surface area contributed by atoms with Gasteiger partial charge in [-0.05, 0) is 31.0 Å². The average Bonchev–Trinajstić information content (AvgIpc) is 2.89. The minimum atomic E-state index is 0.470. The molecule has 3 rings (SSSR count). The van der Waals surface area contributed by atoms with Crippen molar-refractivity contribution in [1.29, 1.82) is 0 Å². The molecule has 1 fully saturated rings. The van der Waals surface area contributed by atoms with Crippen LogP contribution in [0.5, 0.6) is 0 Å². The summed E-state index contributed by atoms with van der Waals surface area (Å²) in [6.07, 6.45) is 6.22. The van der Waals surface area contributed by atoms with Crippen molar-refractivity contribution in [2.24, 2.45) is 0 Å². The predicted octanol–water partition coefficient (Wildman–Crippen LogP) is 3.37. The highest BCUT2D eigenvalue weighted by molar-refractivity contribution is 5.59. The normalized spacial score (nSPS) is 16.9. The molecule has 1 aromatic heterocycles. The first-order valence-corrected chi connectivity index (χ1v) is 6.52. The molecule has 0 aliphatic heterocycles. The number of hydrogen-bond donors (Lipinski definition) is 1. The fourth-order valence-electron chi connectivity index (χ4n) is 2.55. The second-order valence-corrected chi connectivity index (χ2v) is 4.92. The molecule has 0 saturated heterocycles. The summed E-state index contributed by atoms with van der Waals surface area (Å²) in [7, 11) is 0. The Hall–Kier alpha value is -1.84. The zero-order chi connectivity index (χ0) is 12.4. The van der Waals surface area contributed by atoms with E-state index in [2.05, 4.69) is 10.1 Å². The number of anilines is 1. The van der Waals surface area contributed by atoms with Gasteiger partial charge in [0.25, 0.3) is 5.89 Å². The van der Waals surface area contributed by atoms with E-state index in [4.69, 9.17) is 10.3 Å². The Kier molecular flexibility index (Phi) is 3.00. The molecule has 0 bridgehead atoms. The van der Waals surface area contributed by atoms with Gasteiger partial charge < -0.3 is 10.3 Å². The third-order valence-corrected chi connectivity index (χ3v) is 3.55. The van der Waals surface area contributed by atoms with Crippen molar-refractivity contribution in [2.75, 3.05) is 5.73 Å². The van der Waals surface area contributed by atoms with Gasteiger partial charge in [-0.25, -0.2) is 0 Å². The molecule has 4 nitrogen and oxygen atoms in total. The van der Waals surface area contributed by atoms with E-state index in [0.29, 0.717) is 17.5 Å². The number of nitrogen functional groups attached to an aromatic ring is 1. The summed E-state index contributed by atoms with van der Waals surface area (Å²) in [6, 6.07) is 7.55. The van der Waals surface area contributed by atoms with Crippen LogP contribution < -0.4 is 5.73 Å². The molecule has 94 valence electrons. The molecule has 1 aromatic carbocycles. The lowest BCUT2D eigenvalue weighted by molar-refractivity contribution is 0.385.